The van der Waals surface area contributed by atoms with E-state index in [2.05, 4.69) is 11.8 Å². The van der Waals surface area contributed by atoms with Crippen molar-refractivity contribution in [1.29, 1.82) is 10.5 Å². The number of hydrogen-bond acceptors (Lipinski definition) is 5. The van der Waals surface area contributed by atoms with E-state index >= 15 is 0 Å². The Kier molecular flexibility index (Phi) is 5.79. The first-order valence-electron chi connectivity index (χ1n) is 4.94. The smallest absolute Gasteiger partial charge is 0.104 e. The van der Waals surface area contributed by atoms with Crippen LogP contribution in [-0.2, 0) is 6.54 Å². The fourth-order valence-corrected chi connectivity index (χ4v) is 2.15. The zero-order chi connectivity index (χ0) is 12.5. The molecule has 0 unspecified atom stereocenters. The second kappa shape index (κ2) is 7.44. The van der Waals surface area contributed by atoms with E-state index in [4.69, 9.17) is 15.6 Å². The first-order valence-corrected chi connectivity index (χ1v) is 5.82. The van der Waals surface area contributed by atoms with E-state index in [1.165, 1.54) is 11.3 Å². The van der Waals surface area contributed by atoms with E-state index < -0.39 is 0 Å². The molecule has 4 nitrogen and oxygen atoms in total. The van der Waals surface area contributed by atoms with Gasteiger partial charge in [-0.15, -0.1) is 11.3 Å². The predicted molar refractivity (Wildman–Crippen MR) is 64.8 cm³/mol. The van der Waals surface area contributed by atoms with E-state index in [1.807, 2.05) is 23.6 Å². The standard InChI is InChI=1S/C12H11N3OS/c13-4-6-15(7-5-14)10-12-11(2-1-8-16)3-9-17-12/h3,9,16H,6-8,10H2. The number of hydrogen-bond donors (Lipinski definition) is 1. The van der Waals surface area contributed by atoms with Crippen LogP contribution in [0.15, 0.2) is 11.4 Å². The van der Waals surface area contributed by atoms with Gasteiger partial charge in [0.15, 0.2) is 0 Å². The molecule has 0 saturated heterocycles. The summed E-state index contributed by atoms with van der Waals surface area (Å²) in [6, 6.07) is 5.94. The summed E-state index contributed by atoms with van der Waals surface area (Å²) in [4.78, 5) is 2.76. The molecular weight excluding hydrogens is 234 g/mol. The molecule has 1 rings (SSSR count). The first-order chi connectivity index (χ1) is 8.31. The van der Waals surface area contributed by atoms with Crippen molar-refractivity contribution in [3.8, 4) is 24.0 Å². The summed E-state index contributed by atoms with van der Waals surface area (Å²) in [7, 11) is 0. The highest BCUT2D eigenvalue weighted by atomic mass is 32.1. The summed E-state index contributed by atoms with van der Waals surface area (Å²) in [5.74, 6) is 5.44. The summed E-state index contributed by atoms with van der Waals surface area (Å²) in [5, 5.41) is 27.8. The van der Waals surface area contributed by atoms with Crippen molar-refractivity contribution in [3.05, 3.63) is 21.9 Å². The van der Waals surface area contributed by atoms with Crippen LogP contribution in [0.3, 0.4) is 0 Å². The van der Waals surface area contributed by atoms with Crippen LogP contribution in [0.1, 0.15) is 10.4 Å². The highest BCUT2D eigenvalue weighted by Crippen LogP contribution is 2.17. The van der Waals surface area contributed by atoms with Crippen LogP contribution in [0.2, 0.25) is 0 Å². The minimum Gasteiger partial charge on any atom is -0.384 e. The van der Waals surface area contributed by atoms with Gasteiger partial charge in [-0.3, -0.25) is 4.90 Å². The first kappa shape index (κ1) is 13.2. The molecule has 1 heterocycles. The zero-order valence-corrected chi connectivity index (χ0v) is 10.00. The van der Waals surface area contributed by atoms with E-state index in [1.54, 1.807) is 4.90 Å². The molecule has 0 atom stereocenters. The lowest BCUT2D eigenvalue weighted by Crippen LogP contribution is -2.23. The lowest BCUT2D eigenvalue weighted by molar-refractivity contribution is 0.337. The molecule has 0 aliphatic rings. The largest absolute Gasteiger partial charge is 0.384 e. The van der Waals surface area contributed by atoms with Gasteiger partial charge in [0.2, 0.25) is 0 Å². The molecule has 0 aliphatic carbocycles. The fourth-order valence-electron chi connectivity index (χ4n) is 1.28. The molecule has 0 aromatic carbocycles. The second-order valence-electron chi connectivity index (χ2n) is 3.18. The number of rotatable bonds is 4. The van der Waals surface area contributed by atoms with E-state index in [0.29, 0.717) is 6.54 Å². The SMILES string of the molecule is N#CCN(CC#N)Cc1sccc1C#CCO. The lowest BCUT2D eigenvalue weighted by Gasteiger charge is -2.13. The Labute approximate surface area is 104 Å². The minimum atomic E-state index is -0.171. The summed E-state index contributed by atoms with van der Waals surface area (Å²) in [6.45, 7) is 0.806. The number of nitrogens with zero attached hydrogens (tertiary/aromatic N) is 3. The van der Waals surface area contributed by atoms with Crippen LogP contribution in [0.25, 0.3) is 0 Å². The Hall–Kier alpha value is -1.84. The molecule has 0 bridgehead atoms. The average Bonchev–Trinajstić information content (AvgIpc) is 2.74. The van der Waals surface area contributed by atoms with Gasteiger partial charge in [-0.25, -0.2) is 0 Å². The van der Waals surface area contributed by atoms with E-state index in [0.717, 1.165) is 10.4 Å². The van der Waals surface area contributed by atoms with Crippen LogP contribution in [-0.4, -0.2) is 29.7 Å². The van der Waals surface area contributed by atoms with Gasteiger partial charge in [-0.05, 0) is 11.4 Å². The molecule has 0 fully saturated rings. The maximum atomic E-state index is 8.64. The van der Waals surface area contributed by atoms with Crippen molar-refractivity contribution < 1.29 is 5.11 Å². The van der Waals surface area contributed by atoms with Crippen LogP contribution >= 0.6 is 11.3 Å². The average molecular weight is 245 g/mol. The molecule has 1 N–H and O–H groups in total. The van der Waals surface area contributed by atoms with Crippen molar-refractivity contribution >= 4 is 11.3 Å². The van der Waals surface area contributed by atoms with Gasteiger partial charge in [0.05, 0.1) is 25.2 Å². The number of aliphatic hydroxyl groups is 1. The predicted octanol–water partition coefficient (Wildman–Crippen LogP) is 0.941. The molecule has 5 heteroatoms. The highest BCUT2D eigenvalue weighted by Gasteiger charge is 2.08. The molecule has 1 aromatic rings. The monoisotopic (exact) mass is 245 g/mol. The summed E-state index contributed by atoms with van der Waals surface area (Å²) >= 11 is 1.54. The lowest BCUT2D eigenvalue weighted by atomic mass is 10.2. The molecule has 0 aliphatic heterocycles. The number of thiophene rings is 1. The fraction of sp³-hybridized carbons (Fsp3) is 0.333. The molecule has 1 aromatic heterocycles. The third-order valence-electron chi connectivity index (χ3n) is 2.00. The van der Waals surface area contributed by atoms with Gasteiger partial charge in [-0.1, -0.05) is 11.8 Å². The number of nitriles is 2. The van der Waals surface area contributed by atoms with Crippen LogP contribution in [0.5, 0.6) is 0 Å². The highest BCUT2D eigenvalue weighted by molar-refractivity contribution is 7.10. The zero-order valence-electron chi connectivity index (χ0n) is 9.18. The second-order valence-corrected chi connectivity index (χ2v) is 4.18. The van der Waals surface area contributed by atoms with Gasteiger partial charge < -0.3 is 5.11 Å². The van der Waals surface area contributed by atoms with Gasteiger partial charge in [-0.2, -0.15) is 10.5 Å². The molecule has 86 valence electrons. The van der Waals surface area contributed by atoms with Gasteiger partial charge in [0.1, 0.15) is 6.61 Å². The van der Waals surface area contributed by atoms with E-state index in [9.17, 15) is 0 Å². The van der Waals surface area contributed by atoms with Gasteiger partial charge in [0, 0.05) is 17.0 Å². The Bertz CT molecular complexity index is 482. The third kappa shape index (κ3) is 4.26. The van der Waals surface area contributed by atoms with Crippen LogP contribution < -0.4 is 0 Å². The molecule has 0 spiro atoms. The summed E-state index contributed by atoms with van der Waals surface area (Å²) < 4.78 is 0. The minimum absolute atomic E-state index is 0.171. The van der Waals surface area contributed by atoms with Crippen molar-refractivity contribution in [2.75, 3.05) is 19.7 Å². The molecular formula is C12H11N3OS. The number of aliphatic hydroxyl groups excluding tert-OH is 1. The van der Waals surface area contributed by atoms with Crippen LogP contribution in [0.4, 0.5) is 0 Å². The van der Waals surface area contributed by atoms with Crippen LogP contribution in [0, 0.1) is 34.5 Å². The maximum absolute atomic E-state index is 8.64. The third-order valence-corrected chi connectivity index (χ3v) is 2.91. The topological polar surface area (TPSA) is 71.0 Å². The van der Waals surface area contributed by atoms with Gasteiger partial charge >= 0.3 is 0 Å². The van der Waals surface area contributed by atoms with Crippen molar-refractivity contribution in [2.45, 2.75) is 6.54 Å². The quantitative estimate of drug-likeness (QED) is 0.633. The van der Waals surface area contributed by atoms with Gasteiger partial charge in [0.25, 0.3) is 0 Å². The Morgan fingerprint density at radius 2 is 2.00 bits per heavy atom. The Morgan fingerprint density at radius 3 is 2.59 bits per heavy atom. The summed E-state index contributed by atoms with van der Waals surface area (Å²) in [5.41, 5.74) is 0.852. The molecule has 0 saturated carbocycles. The van der Waals surface area contributed by atoms with E-state index in [-0.39, 0.29) is 19.7 Å². The van der Waals surface area contributed by atoms with Crippen molar-refractivity contribution in [1.82, 2.24) is 4.90 Å². The summed E-state index contributed by atoms with van der Waals surface area (Å²) in [6.07, 6.45) is 0. The Morgan fingerprint density at radius 1 is 1.29 bits per heavy atom. The maximum Gasteiger partial charge on any atom is 0.104 e. The molecule has 0 radical (unpaired) electrons. The van der Waals surface area contributed by atoms with Crippen molar-refractivity contribution in [3.63, 3.8) is 0 Å². The molecule has 17 heavy (non-hydrogen) atoms. The molecule has 0 amide bonds. The normalized spacial score (nSPS) is 9.18. The van der Waals surface area contributed by atoms with Crippen molar-refractivity contribution in [2.24, 2.45) is 0 Å². The Balaban J connectivity index is 2.76.